The van der Waals surface area contributed by atoms with Crippen LogP contribution < -0.4 is 0 Å². The van der Waals surface area contributed by atoms with E-state index in [2.05, 4.69) is 10.3 Å². The van der Waals surface area contributed by atoms with Gasteiger partial charge in [-0.1, -0.05) is 17.3 Å². The average Bonchev–Trinajstić information content (AvgIpc) is 3.12. The fourth-order valence-electron chi connectivity index (χ4n) is 2.97. The Morgan fingerprint density at radius 3 is 3.05 bits per heavy atom. The first-order valence-corrected chi connectivity index (χ1v) is 6.78. The maximum atomic E-state index is 13.7. The Morgan fingerprint density at radius 1 is 1.33 bits per heavy atom. The number of hydrogen-bond acceptors (Lipinski definition) is 4. The second kappa shape index (κ2) is 4.63. The lowest BCUT2D eigenvalue weighted by Gasteiger charge is -2.25. The van der Waals surface area contributed by atoms with Crippen LogP contribution in [0.5, 0.6) is 0 Å². The molecular formula is C14H13FN4O2. The Morgan fingerprint density at radius 2 is 2.19 bits per heavy atom. The van der Waals surface area contributed by atoms with Gasteiger partial charge in [-0.3, -0.25) is 4.79 Å². The van der Waals surface area contributed by atoms with Crippen LogP contribution in [0.25, 0.3) is 0 Å². The smallest absolute Gasteiger partial charge is 0.256 e. The number of likely N-dealkylation sites (tertiary alicyclic amines) is 1. The van der Waals surface area contributed by atoms with Crippen molar-refractivity contribution in [1.29, 1.82) is 0 Å². The zero-order valence-corrected chi connectivity index (χ0v) is 11.1. The minimum absolute atomic E-state index is 0.0491. The van der Waals surface area contributed by atoms with Crippen LogP contribution in [0.1, 0.15) is 22.1 Å². The predicted molar refractivity (Wildman–Crippen MR) is 69.9 cm³/mol. The molecule has 2 atom stereocenters. The predicted octanol–water partition coefficient (Wildman–Crippen LogP) is 1.01. The van der Waals surface area contributed by atoms with Gasteiger partial charge in [0.1, 0.15) is 5.82 Å². The van der Waals surface area contributed by atoms with Crippen LogP contribution in [-0.2, 0) is 11.3 Å². The Bertz CT molecular complexity index is 702. The highest BCUT2D eigenvalue weighted by Gasteiger charge is 2.41. The number of amides is 1. The minimum Gasteiger partial charge on any atom is -0.368 e. The fraction of sp³-hybridized carbons (Fsp3) is 0.357. The number of aromatic nitrogens is 3. The highest BCUT2D eigenvalue weighted by molar-refractivity contribution is 5.94. The van der Waals surface area contributed by atoms with Crippen molar-refractivity contribution in [3.05, 3.63) is 47.5 Å². The first-order chi connectivity index (χ1) is 10.2. The van der Waals surface area contributed by atoms with Crippen molar-refractivity contribution < 1.29 is 13.9 Å². The standard InChI is InChI=1S/C14H13FN4O2/c15-11-4-2-1-3-10(11)14(20)18-6-12-13(7-18)21-8-9-5-16-17-19(9)12/h1-5,12-13H,6-8H2/t12?,13-/m1/s1. The summed E-state index contributed by atoms with van der Waals surface area (Å²) >= 11 is 0. The molecule has 1 unspecified atom stereocenters. The molecule has 108 valence electrons. The van der Waals surface area contributed by atoms with Gasteiger partial charge >= 0.3 is 0 Å². The van der Waals surface area contributed by atoms with E-state index in [4.69, 9.17) is 4.74 Å². The first kappa shape index (κ1) is 12.5. The minimum atomic E-state index is -0.500. The molecule has 1 amide bonds. The van der Waals surface area contributed by atoms with Gasteiger partial charge in [0, 0.05) is 13.1 Å². The summed E-state index contributed by atoms with van der Waals surface area (Å²) in [5.74, 6) is -0.812. The SMILES string of the molecule is O=C(c1ccccc1F)N1CC2[C@@H](C1)OCc1cnnn12. The highest BCUT2D eigenvalue weighted by atomic mass is 19.1. The van der Waals surface area contributed by atoms with E-state index in [0.29, 0.717) is 19.7 Å². The maximum absolute atomic E-state index is 13.7. The summed E-state index contributed by atoms with van der Waals surface area (Å²) < 4.78 is 21.3. The van der Waals surface area contributed by atoms with Gasteiger partial charge in [-0.2, -0.15) is 0 Å². The molecule has 1 saturated heterocycles. The zero-order valence-electron chi connectivity index (χ0n) is 11.1. The summed E-state index contributed by atoms with van der Waals surface area (Å²) in [6.45, 7) is 1.33. The number of nitrogens with zero attached hydrogens (tertiary/aromatic N) is 4. The Kier molecular flexibility index (Phi) is 2.75. The molecule has 7 heteroatoms. The van der Waals surface area contributed by atoms with E-state index < -0.39 is 5.82 Å². The molecule has 6 nitrogen and oxygen atoms in total. The monoisotopic (exact) mass is 288 g/mol. The number of halogens is 1. The molecule has 1 aromatic carbocycles. The molecule has 0 aliphatic carbocycles. The normalized spacial score (nSPS) is 23.8. The lowest BCUT2D eigenvalue weighted by atomic mass is 10.2. The average molecular weight is 288 g/mol. The number of carbonyl (C=O) groups is 1. The first-order valence-electron chi connectivity index (χ1n) is 6.78. The van der Waals surface area contributed by atoms with Crippen LogP contribution in [0.15, 0.2) is 30.5 Å². The van der Waals surface area contributed by atoms with Crippen LogP contribution in [0.4, 0.5) is 4.39 Å². The number of fused-ring (bicyclic) bond motifs is 3. The van der Waals surface area contributed by atoms with Crippen molar-refractivity contribution in [1.82, 2.24) is 19.9 Å². The molecule has 2 aliphatic heterocycles. The number of benzene rings is 1. The van der Waals surface area contributed by atoms with E-state index in [9.17, 15) is 9.18 Å². The second-order valence-electron chi connectivity index (χ2n) is 5.28. The topological polar surface area (TPSA) is 60.3 Å². The molecule has 21 heavy (non-hydrogen) atoms. The van der Waals surface area contributed by atoms with Crippen LogP contribution in [0.2, 0.25) is 0 Å². The Balaban J connectivity index is 1.60. The van der Waals surface area contributed by atoms with E-state index >= 15 is 0 Å². The van der Waals surface area contributed by atoms with Gasteiger partial charge in [-0.25, -0.2) is 9.07 Å². The van der Waals surface area contributed by atoms with Crippen LogP contribution in [-0.4, -0.2) is 45.0 Å². The van der Waals surface area contributed by atoms with Gasteiger partial charge in [0.2, 0.25) is 0 Å². The third-order valence-corrected chi connectivity index (χ3v) is 4.04. The molecule has 0 saturated carbocycles. The molecule has 3 heterocycles. The van der Waals surface area contributed by atoms with Gasteiger partial charge in [0.05, 0.1) is 36.2 Å². The summed E-state index contributed by atoms with van der Waals surface area (Å²) in [5.41, 5.74) is 0.992. The van der Waals surface area contributed by atoms with Crippen molar-refractivity contribution in [2.24, 2.45) is 0 Å². The van der Waals surface area contributed by atoms with Gasteiger partial charge < -0.3 is 9.64 Å². The number of carbonyl (C=O) groups excluding carboxylic acids is 1. The quantitative estimate of drug-likeness (QED) is 0.786. The molecule has 1 fully saturated rings. The van der Waals surface area contributed by atoms with Crippen molar-refractivity contribution >= 4 is 5.91 Å². The summed E-state index contributed by atoms with van der Waals surface area (Å²) in [4.78, 5) is 14.1. The molecule has 2 aliphatic rings. The molecule has 4 rings (SSSR count). The van der Waals surface area contributed by atoms with Crippen LogP contribution in [0, 0.1) is 5.82 Å². The highest BCUT2D eigenvalue weighted by Crippen LogP contribution is 2.31. The molecule has 1 aromatic heterocycles. The summed E-state index contributed by atoms with van der Waals surface area (Å²) in [6.07, 6.45) is 1.55. The molecule has 2 aromatic rings. The third-order valence-electron chi connectivity index (χ3n) is 4.04. The summed E-state index contributed by atoms with van der Waals surface area (Å²) in [5, 5.41) is 7.93. The molecule has 0 radical (unpaired) electrons. The number of hydrogen-bond donors (Lipinski definition) is 0. The lowest BCUT2D eigenvalue weighted by Crippen LogP contribution is -2.32. The maximum Gasteiger partial charge on any atom is 0.256 e. The zero-order chi connectivity index (χ0) is 14.4. The van der Waals surface area contributed by atoms with Crippen LogP contribution in [0.3, 0.4) is 0 Å². The molecular weight excluding hydrogens is 275 g/mol. The third kappa shape index (κ3) is 1.92. The van der Waals surface area contributed by atoms with Crippen molar-refractivity contribution in [3.63, 3.8) is 0 Å². The second-order valence-corrected chi connectivity index (χ2v) is 5.28. The van der Waals surface area contributed by atoms with E-state index in [1.807, 2.05) is 4.68 Å². The number of rotatable bonds is 1. The van der Waals surface area contributed by atoms with Gasteiger partial charge in [0.25, 0.3) is 5.91 Å². The Labute approximate surface area is 120 Å². The van der Waals surface area contributed by atoms with Gasteiger partial charge in [-0.05, 0) is 12.1 Å². The van der Waals surface area contributed by atoms with Gasteiger partial charge in [-0.15, -0.1) is 5.10 Å². The largest absolute Gasteiger partial charge is 0.368 e. The summed E-state index contributed by atoms with van der Waals surface area (Å²) in [7, 11) is 0. The van der Waals surface area contributed by atoms with E-state index in [1.165, 1.54) is 12.1 Å². The van der Waals surface area contributed by atoms with E-state index in [1.54, 1.807) is 23.2 Å². The van der Waals surface area contributed by atoms with E-state index in [-0.39, 0.29) is 23.6 Å². The molecule has 0 N–H and O–H groups in total. The molecule has 0 spiro atoms. The van der Waals surface area contributed by atoms with Crippen molar-refractivity contribution in [2.45, 2.75) is 18.8 Å². The van der Waals surface area contributed by atoms with E-state index in [0.717, 1.165) is 5.69 Å². The van der Waals surface area contributed by atoms with Crippen molar-refractivity contribution in [3.8, 4) is 0 Å². The Hall–Kier alpha value is -2.28. The summed E-state index contributed by atoms with van der Waals surface area (Å²) in [6, 6.07) is 5.97. The van der Waals surface area contributed by atoms with Crippen molar-refractivity contribution in [2.75, 3.05) is 13.1 Å². The fourth-order valence-corrected chi connectivity index (χ4v) is 2.97. The molecule has 0 bridgehead atoms. The van der Waals surface area contributed by atoms with Gasteiger partial charge in [0.15, 0.2) is 0 Å². The van der Waals surface area contributed by atoms with Crippen LogP contribution >= 0.6 is 0 Å². The number of ether oxygens (including phenoxy) is 1. The lowest BCUT2D eigenvalue weighted by molar-refractivity contribution is -0.00489.